The number of rotatable bonds is 11. The van der Waals surface area contributed by atoms with Crippen molar-refractivity contribution in [3.8, 4) is 17.4 Å². The van der Waals surface area contributed by atoms with Gasteiger partial charge in [0.15, 0.2) is 10.7 Å². The van der Waals surface area contributed by atoms with Gasteiger partial charge in [-0.25, -0.2) is 9.71 Å². The van der Waals surface area contributed by atoms with Crippen LogP contribution in [0, 0.1) is 21.4 Å². The Labute approximate surface area is 389 Å². The van der Waals surface area contributed by atoms with Crippen LogP contribution in [0.5, 0.6) is 17.4 Å². The second-order valence-corrected chi connectivity index (χ2v) is 21.4. The molecule has 5 aromatic rings. The van der Waals surface area contributed by atoms with Crippen molar-refractivity contribution in [1.29, 1.82) is 0 Å². The van der Waals surface area contributed by atoms with Crippen molar-refractivity contribution < 1.29 is 37.5 Å². The van der Waals surface area contributed by atoms with E-state index in [1.54, 1.807) is 31.3 Å². The molecule has 3 aliphatic heterocycles. The molecule has 2 saturated carbocycles. The van der Waals surface area contributed by atoms with Gasteiger partial charge in [-0.3, -0.25) is 19.8 Å². The van der Waals surface area contributed by atoms with Crippen LogP contribution in [-0.2, 0) is 14.8 Å². The minimum atomic E-state index is -4.78. The van der Waals surface area contributed by atoms with E-state index in [-0.39, 0.29) is 52.9 Å². The number of amides is 1. The molecule has 2 aromatic carbocycles. The molecule has 4 N–H and O–H groups in total. The van der Waals surface area contributed by atoms with Gasteiger partial charge in [-0.1, -0.05) is 38.1 Å². The number of pyridine rings is 2. The average molecular weight is 935 g/mol. The summed E-state index contributed by atoms with van der Waals surface area (Å²) in [6.45, 7) is 10.4. The van der Waals surface area contributed by atoms with E-state index in [4.69, 9.17) is 14.2 Å². The predicted octanol–water partition coefficient (Wildman–Crippen LogP) is 7.84. The van der Waals surface area contributed by atoms with Crippen LogP contribution in [-0.4, -0.2) is 101 Å². The summed E-state index contributed by atoms with van der Waals surface area (Å²) in [4.78, 5) is 42.4. The summed E-state index contributed by atoms with van der Waals surface area (Å²) in [6.07, 6.45) is 10.1. The number of nitro groups is 1. The van der Waals surface area contributed by atoms with Gasteiger partial charge < -0.3 is 34.5 Å². The highest BCUT2D eigenvalue weighted by Gasteiger charge is 2.50. The van der Waals surface area contributed by atoms with Crippen molar-refractivity contribution in [3.63, 3.8) is 0 Å². The number of morpholine rings is 1. The number of carbonyl (C=O) groups excluding carboxylic acids is 1. The van der Waals surface area contributed by atoms with Crippen LogP contribution in [0.4, 0.5) is 17.1 Å². The number of aromatic nitrogens is 3. The third kappa shape index (κ3) is 9.03. The average Bonchev–Trinajstić information content (AvgIpc) is 3.78. The Kier molecular flexibility index (Phi) is 11.9. The largest absolute Gasteiger partial charge is 0.474 e. The number of fused-ring (bicyclic) bond motifs is 2. The van der Waals surface area contributed by atoms with Crippen molar-refractivity contribution in [2.75, 3.05) is 49.7 Å². The molecule has 1 spiro atoms. The van der Waals surface area contributed by atoms with Crippen LogP contribution < -0.4 is 24.4 Å². The van der Waals surface area contributed by atoms with Gasteiger partial charge in [0, 0.05) is 49.0 Å². The molecule has 0 radical (unpaired) electrons. The van der Waals surface area contributed by atoms with E-state index in [9.17, 15) is 28.4 Å². The molecular formula is C49H58N8O9S. The number of carbonyl (C=O) groups is 1. The van der Waals surface area contributed by atoms with Crippen molar-refractivity contribution in [3.05, 3.63) is 99.9 Å². The Morgan fingerprint density at radius 3 is 2.57 bits per heavy atom. The Bertz CT molecular complexity index is 2790. The Morgan fingerprint density at radius 1 is 1.03 bits per heavy atom. The van der Waals surface area contributed by atoms with E-state index >= 15 is 0 Å². The fourth-order valence-electron chi connectivity index (χ4n) is 11.1. The normalized spacial score (nSPS) is 24.4. The number of H-pyrrole nitrogens is 1. The third-order valence-electron chi connectivity index (χ3n) is 15.0. The molecule has 17 nitrogen and oxygen atoms in total. The summed E-state index contributed by atoms with van der Waals surface area (Å²) < 4.78 is 48.2. The SMILES string of the molecule is CC(C)c1ccccc1[C@@H]1COCCN1C1CC2(CCN(c3ccc(C(=O)NS(=O)(=O)c4cc([N+](=O)[O-])c5c(n4)OC[C@H]([C@H]4CC[C@](C)(O)CC4)N5)c(Oc4cnc5[nH]ccc5c4)c3)CC2)C1. The Morgan fingerprint density at radius 2 is 1.81 bits per heavy atom. The van der Waals surface area contributed by atoms with Gasteiger partial charge in [-0.2, -0.15) is 13.4 Å². The molecule has 1 amide bonds. The summed E-state index contributed by atoms with van der Waals surface area (Å²) in [5.41, 5.74) is 3.06. The van der Waals surface area contributed by atoms with Gasteiger partial charge in [-0.15, -0.1) is 0 Å². The van der Waals surface area contributed by atoms with Crippen LogP contribution in [0.15, 0.2) is 78.1 Å². The number of nitrogens with zero attached hydrogens (tertiary/aromatic N) is 5. The lowest BCUT2D eigenvalue weighted by Gasteiger charge is -2.57. The molecule has 0 bridgehead atoms. The van der Waals surface area contributed by atoms with E-state index in [0.717, 1.165) is 69.1 Å². The zero-order valence-electron chi connectivity index (χ0n) is 38.1. The molecule has 354 valence electrons. The smallest absolute Gasteiger partial charge is 0.300 e. The maximum atomic E-state index is 14.1. The van der Waals surface area contributed by atoms with Gasteiger partial charge in [0.1, 0.15) is 23.8 Å². The number of nitrogens with one attached hydrogen (secondary N) is 3. The molecule has 4 fully saturated rings. The summed E-state index contributed by atoms with van der Waals surface area (Å²) in [7, 11) is -4.78. The molecule has 3 aromatic heterocycles. The number of sulfonamides is 1. The van der Waals surface area contributed by atoms with Crippen LogP contribution in [0.2, 0.25) is 0 Å². The molecule has 0 unspecified atom stereocenters. The van der Waals surface area contributed by atoms with Crippen LogP contribution >= 0.6 is 0 Å². The fourth-order valence-corrected chi connectivity index (χ4v) is 12.0. The number of aromatic amines is 1. The monoisotopic (exact) mass is 934 g/mol. The van der Waals surface area contributed by atoms with Gasteiger partial charge in [-0.05, 0) is 111 Å². The van der Waals surface area contributed by atoms with Crippen LogP contribution in [0.1, 0.15) is 106 Å². The highest BCUT2D eigenvalue weighted by atomic mass is 32.2. The van der Waals surface area contributed by atoms with E-state index in [1.807, 2.05) is 6.07 Å². The summed E-state index contributed by atoms with van der Waals surface area (Å²) in [6, 6.07) is 18.7. The molecule has 2 saturated heterocycles. The second kappa shape index (κ2) is 17.7. The van der Waals surface area contributed by atoms with Crippen LogP contribution in [0.3, 0.4) is 0 Å². The number of hydrogen-bond acceptors (Lipinski definition) is 14. The summed E-state index contributed by atoms with van der Waals surface area (Å²) in [5.74, 6) is -0.307. The first-order valence-corrected chi connectivity index (χ1v) is 24.9. The van der Waals surface area contributed by atoms with Gasteiger partial charge in [0.2, 0.25) is 5.88 Å². The van der Waals surface area contributed by atoms with Crippen molar-refractivity contribution in [1.82, 2.24) is 24.6 Å². The molecule has 6 heterocycles. The molecule has 18 heteroatoms. The van der Waals surface area contributed by atoms with E-state index in [1.165, 1.54) is 23.4 Å². The van der Waals surface area contributed by atoms with Gasteiger partial charge >= 0.3 is 5.69 Å². The van der Waals surface area contributed by atoms with E-state index in [2.05, 4.69) is 72.9 Å². The van der Waals surface area contributed by atoms with Gasteiger partial charge in [0.05, 0.1) is 53.6 Å². The minimum Gasteiger partial charge on any atom is -0.474 e. The zero-order valence-corrected chi connectivity index (χ0v) is 38.9. The first-order chi connectivity index (χ1) is 32.1. The first-order valence-electron chi connectivity index (χ1n) is 23.4. The van der Waals surface area contributed by atoms with Crippen molar-refractivity contribution >= 4 is 44.0 Å². The van der Waals surface area contributed by atoms with Crippen molar-refractivity contribution in [2.24, 2.45) is 11.3 Å². The number of piperidine rings is 1. The summed E-state index contributed by atoms with van der Waals surface area (Å²) in [5, 5.41) is 26.0. The lowest BCUT2D eigenvalue weighted by atomic mass is 9.59. The molecule has 10 rings (SSSR count). The number of anilines is 2. The number of benzene rings is 2. The zero-order chi connectivity index (χ0) is 46.7. The minimum absolute atomic E-state index is 0.0297. The maximum Gasteiger partial charge on any atom is 0.300 e. The lowest BCUT2D eigenvalue weighted by molar-refractivity contribution is -0.384. The number of aliphatic hydroxyl groups is 1. The molecule has 5 aliphatic rings. The predicted molar refractivity (Wildman–Crippen MR) is 251 cm³/mol. The second-order valence-electron chi connectivity index (χ2n) is 19.8. The number of ether oxygens (including phenoxy) is 3. The molecular weight excluding hydrogens is 877 g/mol. The topological polar surface area (TPSA) is 214 Å². The quantitative estimate of drug-likeness (QED) is 0.0734. The summed E-state index contributed by atoms with van der Waals surface area (Å²) >= 11 is 0. The Hall–Kier alpha value is -5.82. The standard InChI is InChI=1S/C49H58N8O9S/c1-30(2)36-6-4-5-7-37(36)41-29-64-21-20-56(41)34-25-49(26-34)15-18-55(19-16-49)33-8-9-38(42(23-33)66-35-22-32-12-17-50-45(32)51-27-35)46(58)54-67(62,63)43-24-40(57(60)61)44-47(53-43)65-28-39(52-44)31-10-13-48(3,59)14-11-31/h4-9,12,17,22-24,27,30-31,34,39,41,52,59H,10-11,13-16,18-21,25-26,28-29H2,1-3H3,(H,50,51)(H,54,58)/t31-,39-,41+,48-/m1/s1. The first kappa shape index (κ1) is 45.0. The highest BCUT2D eigenvalue weighted by Crippen LogP contribution is 2.53. The maximum absolute atomic E-state index is 14.1. The fraction of sp³-hybridized carbons (Fsp3) is 0.490. The van der Waals surface area contributed by atoms with Gasteiger partial charge in [0.25, 0.3) is 15.9 Å². The van der Waals surface area contributed by atoms with E-state index < -0.39 is 37.2 Å². The highest BCUT2D eigenvalue weighted by molar-refractivity contribution is 7.90. The Balaban J connectivity index is 0.856. The molecule has 2 atom stereocenters. The molecule has 2 aliphatic carbocycles. The van der Waals surface area contributed by atoms with Crippen molar-refractivity contribution in [2.45, 2.75) is 107 Å². The molecule has 67 heavy (non-hydrogen) atoms. The number of hydrogen-bond donors (Lipinski definition) is 4. The van der Waals surface area contributed by atoms with E-state index in [0.29, 0.717) is 55.6 Å². The van der Waals surface area contributed by atoms with Crippen LogP contribution in [0.25, 0.3) is 11.0 Å². The third-order valence-corrected chi connectivity index (χ3v) is 16.2. The lowest BCUT2D eigenvalue weighted by Crippen LogP contribution is -2.58.